The van der Waals surface area contributed by atoms with E-state index in [9.17, 15) is 22.4 Å². The number of amides is 2. The van der Waals surface area contributed by atoms with E-state index in [1.54, 1.807) is 24.3 Å². The standard InChI is InChI=1S/C22H20FN3O5S/c1-2-31-19-11-5-16(6-12-19)22(28)25-24-21(27)15-3-9-18(10-4-15)26-32(29,30)20-13-7-17(23)8-14-20/h3-14,26H,2H2,1H3,(H,24,27)(H,25,28). The van der Waals surface area contributed by atoms with Crippen molar-refractivity contribution in [2.75, 3.05) is 11.3 Å². The van der Waals surface area contributed by atoms with Crippen molar-refractivity contribution in [2.45, 2.75) is 11.8 Å². The molecule has 3 rings (SSSR count). The zero-order valence-corrected chi connectivity index (χ0v) is 17.8. The highest BCUT2D eigenvalue weighted by Crippen LogP contribution is 2.17. The lowest BCUT2D eigenvalue weighted by Gasteiger charge is -2.10. The van der Waals surface area contributed by atoms with Crippen LogP contribution in [0.5, 0.6) is 5.75 Å². The summed E-state index contributed by atoms with van der Waals surface area (Å²) < 4.78 is 45.3. The Morgan fingerprint density at radius 3 is 1.81 bits per heavy atom. The molecule has 32 heavy (non-hydrogen) atoms. The van der Waals surface area contributed by atoms with Gasteiger partial charge in [0.15, 0.2) is 0 Å². The molecule has 0 spiro atoms. The Kier molecular flexibility index (Phi) is 7.06. The topological polar surface area (TPSA) is 114 Å². The van der Waals surface area contributed by atoms with Gasteiger partial charge in [0.1, 0.15) is 11.6 Å². The van der Waals surface area contributed by atoms with Gasteiger partial charge in [-0.3, -0.25) is 25.2 Å². The predicted molar refractivity (Wildman–Crippen MR) is 116 cm³/mol. The van der Waals surface area contributed by atoms with Gasteiger partial charge in [0.2, 0.25) is 0 Å². The predicted octanol–water partition coefficient (Wildman–Crippen LogP) is 3.10. The number of sulfonamides is 1. The Hall–Kier alpha value is -3.92. The highest BCUT2D eigenvalue weighted by atomic mass is 32.2. The molecular formula is C22H20FN3O5S. The van der Waals surface area contributed by atoms with Gasteiger partial charge in [0.25, 0.3) is 21.8 Å². The van der Waals surface area contributed by atoms with Crippen LogP contribution in [0.3, 0.4) is 0 Å². The molecular weight excluding hydrogens is 437 g/mol. The van der Waals surface area contributed by atoms with E-state index in [-0.39, 0.29) is 16.1 Å². The number of benzene rings is 3. The van der Waals surface area contributed by atoms with Crippen LogP contribution in [-0.4, -0.2) is 26.8 Å². The number of hydrogen-bond acceptors (Lipinski definition) is 5. The number of hydrogen-bond donors (Lipinski definition) is 3. The van der Waals surface area contributed by atoms with Gasteiger partial charge < -0.3 is 4.74 Å². The summed E-state index contributed by atoms with van der Waals surface area (Å²) >= 11 is 0. The van der Waals surface area contributed by atoms with Crippen molar-refractivity contribution in [2.24, 2.45) is 0 Å². The van der Waals surface area contributed by atoms with Gasteiger partial charge in [-0.2, -0.15) is 0 Å². The fraction of sp³-hybridized carbons (Fsp3) is 0.0909. The van der Waals surface area contributed by atoms with Gasteiger partial charge in [-0.25, -0.2) is 12.8 Å². The van der Waals surface area contributed by atoms with Crippen molar-refractivity contribution < 1.29 is 27.1 Å². The Morgan fingerprint density at radius 1 is 0.812 bits per heavy atom. The van der Waals surface area contributed by atoms with Crippen molar-refractivity contribution in [1.29, 1.82) is 0 Å². The minimum Gasteiger partial charge on any atom is -0.494 e. The van der Waals surface area contributed by atoms with E-state index < -0.39 is 27.7 Å². The zero-order chi connectivity index (χ0) is 23.1. The lowest BCUT2D eigenvalue weighted by atomic mass is 10.2. The molecule has 0 saturated carbocycles. The van der Waals surface area contributed by atoms with Crippen LogP contribution in [0.4, 0.5) is 10.1 Å². The summed E-state index contributed by atoms with van der Waals surface area (Å²) in [5.74, 6) is -1.01. The summed E-state index contributed by atoms with van der Waals surface area (Å²) in [6.45, 7) is 2.36. The van der Waals surface area contributed by atoms with Gasteiger partial charge in [0, 0.05) is 16.8 Å². The van der Waals surface area contributed by atoms with Crippen LogP contribution in [0, 0.1) is 5.82 Å². The molecule has 0 aliphatic carbocycles. The van der Waals surface area contributed by atoms with E-state index >= 15 is 0 Å². The summed E-state index contributed by atoms with van der Waals surface area (Å²) in [5, 5.41) is 0. The first-order chi connectivity index (χ1) is 15.3. The van der Waals surface area contributed by atoms with Gasteiger partial charge in [-0.1, -0.05) is 0 Å². The van der Waals surface area contributed by atoms with E-state index in [1.165, 1.54) is 24.3 Å². The van der Waals surface area contributed by atoms with Crippen molar-refractivity contribution >= 4 is 27.5 Å². The molecule has 0 saturated heterocycles. The largest absolute Gasteiger partial charge is 0.494 e. The first-order valence-electron chi connectivity index (χ1n) is 9.50. The fourth-order valence-electron chi connectivity index (χ4n) is 2.64. The quantitative estimate of drug-likeness (QED) is 0.472. The molecule has 0 fully saturated rings. The Balaban J connectivity index is 1.57. The van der Waals surface area contributed by atoms with Crippen molar-refractivity contribution in [3.63, 3.8) is 0 Å². The summed E-state index contributed by atoms with van der Waals surface area (Å²) in [6, 6.07) is 16.4. The minimum atomic E-state index is -3.91. The molecule has 0 unspecified atom stereocenters. The minimum absolute atomic E-state index is 0.0993. The number of carbonyl (C=O) groups is 2. The van der Waals surface area contributed by atoms with Crippen LogP contribution in [-0.2, 0) is 10.0 Å². The number of halogens is 1. The van der Waals surface area contributed by atoms with Crippen LogP contribution in [0.2, 0.25) is 0 Å². The first-order valence-corrected chi connectivity index (χ1v) is 11.0. The monoisotopic (exact) mass is 457 g/mol. The molecule has 0 aromatic heterocycles. The van der Waals surface area contributed by atoms with E-state index in [4.69, 9.17) is 4.74 Å². The van der Waals surface area contributed by atoms with Crippen LogP contribution in [0.15, 0.2) is 77.7 Å². The molecule has 0 atom stereocenters. The van der Waals surface area contributed by atoms with E-state index in [1.807, 2.05) is 6.92 Å². The third-order valence-electron chi connectivity index (χ3n) is 4.24. The summed E-state index contributed by atoms with van der Waals surface area (Å²) in [5.41, 5.74) is 5.34. The molecule has 3 aromatic carbocycles. The second-order valence-corrected chi connectivity index (χ2v) is 8.18. The molecule has 3 aromatic rings. The van der Waals surface area contributed by atoms with E-state index in [2.05, 4.69) is 15.6 Å². The molecule has 0 radical (unpaired) electrons. The van der Waals surface area contributed by atoms with Crippen LogP contribution in [0.25, 0.3) is 0 Å². The number of hydrazine groups is 1. The maximum absolute atomic E-state index is 13.0. The van der Waals surface area contributed by atoms with Crippen LogP contribution >= 0.6 is 0 Å². The molecule has 0 aliphatic rings. The first kappa shape index (κ1) is 22.8. The number of nitrogens with one attached hydrogen (secondary N) is 3. The van der Waals surface area contributed by atoms with E-state index in [0.717, 1.165) is 24.3 Å². The van der Waals surface area contributed by atoms with Crippen molar-refractivity contribution in [3.05, 3.63) is 89.7 Å². The highest BCUT2D eigenvalue weighted by molar-refractivity contribution is 7.92. The smallest absolute Gasteiger partial charge is 0.269 e. The molecule has 2 amide bonds. The Bertz CT molecular complexity index is 1200. The molecule has 8 nitrogen and oxygen atoms in total. The Morgan fingerprint density at radius 2 is 1.31 bits per heavy atom. The number of anilines is 1. The van der Waals surface area contributed by atoms with Gasteiger partial charge in [0.05, 0.1) is 11.5 Å². The highest BCUT2D eigenvalue weighted by Gasteiger charge is 2.15. The molecule has 0 heterocycles. The van der Waals surface area contributed by atoms with E-state index in [0.29, 0.717) is 17.9 Å². The SMILES string of the molecule is CCOc1ccc(C(=O)NNC(=O)c2ccc(NS(=O)(=O)c3ccc(F)cc3)cc2)cc1. The maximum Gasteiger partial charge on any atom is 0.269 e. The average molecular weight is 457 g/mol. The Labute approximate surface area is 184 Å². The lowest BCUT2D eigenvalue weighted by molar-refractivity contribution is 0.0846. The summed E-state index contributed by atoms with van der Waals surface area (Å²) in [4.78, 5) is 24.3. The van der Waals surface area contributed by atoms with Gasteiger partial charge in [-0.05, 0) is 79.7 Å². The average Bonchev–Trinajstić information content (AvgIpc) is 2.78. The van der Waals surface area contributed by atoms with Crippen molar-refractivity contribution in [3.8, 4) is 5.75 Å². The third-order valence-corrected chi connectivity index (χ3v) is 5.64. The summed E-state index contributed by atoms with van der Waals surface area (Å²) in [6.07, 6.45) is 0. The molecule has 3 N–H and O–H groups in total. The molecule has 0 bridgehead atoms. The van der Waals surface area contributed by atoms with Crippen molar-refractivity contribution in [1.82, 2.24) is 10.9 Å². The summed E-state index contributed by atoms with van der Waals surface area (Å²) in [7, 11) is -3.91. The molecule has 10 heteroatoms. The molecule has 0 aliphatic heterocycles. The van der Waals surface area contributed by atoms with Gasteiger partial charge in [-0.15, -0.1) is 0 Å². The van der Waals surface area contributed by atoms with Crippen LogP contribution < -0.4 is 20.3 Å². The number of rotatable bonds is 7. The van der Waals surface area contributed by atoms with Gasteiger partial charge >= 0.3 is 0 Å². The number of carbonyl (C=O) groups excluding carboxylic acids is 2. The molecule has 166 valence electrons. The lowest BCUT2D eigenvalue weighted by Crippen LogP contribution is -2.41. The maximum atomic E-state index is 13.0. The normalized spacial score (nSPS) is 10.8. The fourth-order valence-corrected chi connectivity index (χ4v) is 3.70. The third kappa shape index (κ3) is 5.82. The van der Waals surface area contributed by atoms with Crippen LogP contribution in [0.1, 0.15) is 27.6 Å². The second kappa shape index (κ2) is 9.92. The zero-order valence-electron chi connectivity index (χ0n) is 17.0. The second-order valence-electron chi connectivity index (χ2n) is 6.50. The number of ether oxygens (including phenoxy) is 1.